The Morgan fingerprint density at radius 3 is 2.57 bits per heavy atom. The van der Waals surface area contributed by atoms with Crippen LogP contribution in [-0.2, 0) is 4.79 Å². The van der Waals surface area contributed by atoms with Crippen molar-refractivity contribution in [2.24, 2.45) is 0 Å². The SMILES string of the molecule is CN(C)CCC(=O)N1c2ccccc2Sc2ccc(Cl)cc21.[Cl-]. The lowest BCUT2D eigenvalue weighted by molar-refractivity contribution is -0.118. The summed E-state index contributed by atoms with van der Waals surface area (Å²) in [4.78, 5) is 18.8. The number of para-hydroxylation sites is 1. The van der Waals surface area contributed by atoms with E-state index in [1.807, 2.05) is 61.5 Å². The van der Waals surface area contributed by atoms with Crippen molar-refractivity contribution in [1.29, 1.82) is 0 Å². The van der Waals surface area contributed by atoms with Crippen LogP contribution >= 0.6 is 23.4 Å². The van der Waals surface area contributed by atoms with Gasteiger partial charge in [0.2, 0.25) is 5.91 Å². The Labute approximate surface area is 152 Å². The van der Waals surface area contributed by atoms with E-state index in [9.17, 15) is 4.79 Å². The predicted molar refractivity (Wildman–Crippen MR) is 92.3 cm³/mol. The second-order valence-electron chi connectivity index (χ2n) is 5.46. The van der Waals surface area contributed by atoms with Crippen molar-refractivity contribution >= 4 is 40.6 Å². The number of hydrogen-bond donors (Lipinski definition) is 0. The Morgan fingerprint density at radius 1 is 1.13 bits per heavy atom. The molecule has 0 spiro atoms. The highest BCUT2D eigenvalue weighted by molar-refractivity contribution is 7.99. The van der Waals surface area contributed by atoms with Crippen molar-refractivity contribution in [2.75, 3.05) is 25.5 Å². The number of nitrogens with zero attached hydrogens (tertiary/aromatic N) is 2. The van der Waals surface area contributed by atoms with Crippen LogP contribution < -0.4 is 17.3 Å². The molecule has 0 radical (unpaired) electrons. The summed E-state index contributed by atoms with van der Waals surface area (Å²) in [7, 11) is 3.94. The normalized spacial score (nSPS) is 12.4. The molecule has 122 valence electrons. The van der Waals surface area contributed by atoms with Crippen LogP contribution in [0.1, 0.15) is 6.42 Å². The third-order valence-electron chi connectivity index (χ3n) is 3.51. The number of halogens is 2. The molecule has 1 amide bonds. The summed E-state index contributed by atoms with van der Waals surface area (Å²) in [6.07, 6.45) is 0.470. The van der Waals surface area contributed by atoms with Crippen molar-refractivity contribution in [3.05, 3.63) is 47.5 Å². The third kappa shape index (κ3) is 3.83. The Hall–Kier alpha value is -1.20. The number of carbonyl (C=O) groups excluding carboxylic acids is 1. The van der Waals surface area contributed by atoms with Crippen LogP contribution in [0.25, 0.3) is 0 Å². The molecule has 0 bridgehead atoms. The molecule has 2 aromatic rings. The minimum atomic E-state index is 0. The van der Waals surface area contributed by atoms with Crippen LogP contribution in [0.5, 0.6) is 0 Å². The van der Waals surface area contributed by atoms with Crippen molar-refractivity contribution in [3.8, 4) is 0 Å². The molecule has 3 rings (SSSR count). The molecule has 1 aliphatic rings. The van der Waals surface area contributed by atoms with Crippen LogP contribution in [0.2, 0.25) is 5.02 Å². The van der Waals surface area contributed by atoms with Gasteiger partial charge in [-0.15, -0.1) is 0 Å². The van der Waals surface area contributed by atoms with Crippen molar-refractivity contribution in [1.82, 2.24) is 4.90 Å². The minimum Gasteiger partial charge on any atom is -1.00 e. The highest BCUT2D eigenvalue weighted by Gasteiger charge is 2.27. The van der Waals surface area contributed by atoms with Gasteiger partial charge in [-0.1, -0.05) is 35.5 Å². The third-order valence-corrected chi connectivity index (χ3v) is 4.88. The molecule has 3 nitrogen and oxygen atoms in total. The summed E-state index contributed by atoms with van der Waals surface area (Å²) in [5.74, 6) is 0.0879. The van der Waals surface area contributed by atoms with Gasteiger partial charge in [-0.25, -0.2) is 0 Å². The van der Waals surface area contributed by atoms with Gasteiger partial charge >= 0.3 is 0 Å². The highest BCUT2D eigenvalue weighted by atomic mass is 35.5. The van der Waals surface area contributed by atoms with E-state index in [0.717, 1.165) is 27.7 Å². The van der Waals surface area contributed by atoms with Crippen LogP contribution in [0.4, 0.5) is 11.4 Å². The number of carbonyl (C=O) groups is 1. The number of fused-ring (bicyclic) bond motifs is 2. The van der Waals surface area contributed by atoms with Gasteiger partial charge < -0.3 is 17.3 Å². The van der Waals surface area contributed by atoms with E-state index in [-0.39, 0.29) is 18.3 Å². The number of rotatable bonds is 3. The molecule has 0 saturated heterocycles. The Bertz CT molecular complexity index is 721. The molecule has 0 saturated carbocycles. The zero-order chi connectivity index (χ0) is 15.7. The van der Waals surface area contributed by atoms with Crippen molar-refractivity contribution in [3.63, 3.8) is 0 Å². The van der Waals surface area contributed by atoms with Gasteiger partial charge in [-0.2, -0.15) is 0 Å². The molecular formula is C17H17Cl2N2OS-. The van der Waals surface area contributed by atoms with Crippen LogP contribution in [0.3, 0.4) is 0 Å². The summed E-state index contributed by atoms with van der Waals surface area (Å²) in [6.45, 7) is 0.723. The van der Waals surface area contributed by atoms with E-state index in [1.54, 1.807) is 16.7 Å². The number of benzene rings is 2. The molecule has 6 heteroatoms. The quantitative estimate of drug-likeness (QED) is 0.819. The first-order valence-electron chi connectivity index (χ1n) is 7.10. The summed E-state index contributed by atoms with van der Waals surface area (Å²) in [5.41, 5.74) is 1.81. The maximum atomic E-state index is 12.8. The maximum Gasteiger partial charge on any atom is 0.232 e. The summed E-state index contributed by atoms with van der Waals surface area (Å²) in [5, 5.41) is 0.643. The monoisotopic (exact) mass is 367 g/mol. The maximum absolute atomic E-state index is 12.8. The second kappa shape index (κ2) is 7.58. The lowest BCUT2D eigenvalue weighted by Gasteiger charge is -2.31. The lowest BCUT2D eigenvalue weighted by Crippen LogP contribution is -3.00. The molecular weight excluding hydrogens is 351 g/mol. The van der Waals surface area contributed by atoms with Gasteiger partial charge in [0, 0.05) is 27.8 Å². The van der Waals surface area contributed by atoms with Gasteiger partial charge in [-0.3, -0.25) is 9.69 Å². The van der Waals surface area contributed by atoms with E-state index >= 15 is 0 Å². The average Bonchev–Trinajstić information content (AvgIpc) is 2.50. The van der Waals surface area contributed by atoms with Gasteiger partial charge in [0.1, 0.15) is 0 Å². The molecule has 0 aliphatic carbocycles. The molecule has 0 atom stereocenters. The predicted octanol–water partition coefficient (Wildman–Crippen LogP) is 1.42. The largest absolute Gasteiger partial charge is 1.00 e. The summed E-state index contributed by atoms with van der Waals surface area (Å²) < 4.78 is 0. The van der Waals surface area contributed by atoms with Gasteiger partial charge in [-0.05, 0) is 44.4 Å². The summed E-state index contributed by atoms with van der Waals surface area (Å²) >= 11 is 7.82. The molecule has 0 N–H and O–H groups in total. The summed E-state index contributed by atoms with van der Waals surface area (Å²) in [6, 6.07) is 13.7. The number of hydrogen-bond acceptors (Lipinski definition) is 3. The lowest BCUT2D eigenvalue weighted by atomic mass is 10.2. The molecule has 23 heavy (non-hydrogen) atoms. The van der Waals surface area contributed by atoms with E-state index in [4.69, 9.17) is 11.6 Å². The standard InChI is InChI=1S/C17H17ClN2OS.ClH/c1-19(2)10-9-17(21)20-13-5-3-4-6-15(13)22-16-8-7-12(18)11-14(16)20;/h3-8,11H,9-10H2,1-2H3;1H/p-1. The van der Waals surface area contributed by atoms with Crippen LogP contribution in [0, 0.1) is 0 Å². The smallest absolute Gasteiger partial charge is 0.232 e. The molecule has 0 aromatic heterocycles. The molecule has 1 aliphatic heterocycles. The number of anilines is 2. The van der Waals surface area contributed by atoms with E-state index in [2.05, 4.69) is 0 Å². The second-order valence-corrected chi connectivity index (χ2v) is 6.98. The Balaban J connectivity index is 0.00000192. The number of amides is 1. The van der Waals surface area contributed by atoms with E-state index in [0.29, 0.717) is 11.4 Å². The van der Waals surface area contributed by atoms with Gasteiger partial charge in [0.15, 0.2) is 0 Å². The molecule has 1 heterocycles. The topological polar surface area (TPSA) is 23.6 Å². The average molecular weight is 368 g/mol. The van der Waals surface area contributed by atoms with Crippen LogP contribution in [-0.4, -0.2) is 31.4 Å². The van der Waals surface area contributed by atoms with Crippen molar-refractivity contribution in [2.45, 2.75) is 16.2 Å². The molecule has 0 fully saturated rings. The fourth-order valence-corrected chi connectivity index (χ4v) is 3.63. The first kappa shape index (κ1) is 18.1. The first-order chi connectivity index (χ1) is 10.6. The highest BCUT2D eigenvalue weighted by Crippen LogP contribution is 2.48. The zero-order valence-electron chi connectivity index (χ0n) is 12.9. The fraction of sp³-hybridized carbons (Fsp3) is 0.235. The van der Waals surface area contributed by atoms with Gasteiger partial charge in [0.25, 0.3) is 0 Å². The van der Waals surface area contributed by atoms with Gasteiger partial charge in [0.05, 0.1) is 11.4 Å². The molecule has 2 aromatic carbocycles. The van der Waals surface area contributed by atoms with E-state index < -0.39 is 0 Å². The zero-order valence-corrected chi connectivity index (χ0v) is 15.3. The first-order valence-corrected chi connectivity index (χ1v) is 8.30. The Kier molecular flexibility index (Phi) is 5.98. The molecule has 0 unspecified atom stereocenters. The van der Waals surface area contributed by atoms with Crippen LogP contribution in [0.15, 0.2) is 52.3 Å². The fourth-order valence-electron chi connectivity index (χ4n) is 2.43. The minimum absolute atomic E-state index is 0. The van der Waals surface area contributed by atoms with Crippen molar-refractivity contribution < 1.29 is 17.2 Å². The van der Waals surface area contributed by atoms with E-state index in [1.165, 1.54) is 0 Å². The Morgan fingerprint density at radius 2 is 1.83 bits per heavy atom.